The lowest BCUT2D eigenvalue weighted by atomic mass is 10.2. The maximum atomic E-state index is 11.8. The van der Waals surface area contributed by atoms with E-state index < -0.39 is 0 Å². The number of hydrogen-bond donors (Lipinski definition) is 1. The summed E-state index contributed by atoms with van der Waals surface area (Å²) in [4.78, 5) is 15.8. The maximum Gasteiger partial charge on any atom is 0.272 e. The van der Waals surface area contributed by atoms with Crippen molar-refractivity contribution in [3.8, 4) is 0 Å². The predicted molar refractivity (Wildman–Crippen MR) is 80.5 cm³/mol. The average molecular weight is 308 g/mol. The number of halogens is 2. The predicted octanol–water partition coefficient (Wildman–Crippen LogP) is 3.46. The van der Waals surface area contributed by atoms with Crippen molar-refractivity contribution in [1.29, 1.82) is 0 Å². The number of carbonyl (C=O) groups excluding carboxylic acids is 1. The number of hydrazone groups is 1. The number of benzene rings is 1. The Hall–Kier alpha value is -1.91. The Morgan fingerprint density at radius 3 is 2.70 bits per heavy atom. The quantitative estimate of drug-likeness (QED) is 0.697. The highest BCUT2D eigenvalue weighted by atomic mass is 35.5. The molecule has 0 fully saturated rings. The second-order valence-corrected chi connectivity index (χ2v) is 4.88. The van der Waals surface area contributed by atoms with E-state index in [1.807, 2.05) is 6.92 Å². The number of aryl methyl sites for hydroxylation is 1. The van der Waals surface area contributed by atoms with Gasteiger partial charge in [-0.25, -0.2) is 5.43 Å². The third-order valence-corrected chi connectivity index (χ3v) is 3.24. The smallest absolute Gasteiger partial charge is 0.267 e. The maximum absolute atomic E-state index is 11.8. The number of rotatable bonds is 3. The number of aromatic nitrogens is 1. The first-order chi connectivity index (χ1) is 9.56. The Morgan fingerprint density at radius 1 is 1.25 bits per heavy atom. The van der Waals surface area contributed by atoms with Crippen LogP contribution in [0.4, 0.5) is 0 Å². The molecule has 20 heavy (non-hydrogen) atoms. The molecule has 0 unspecified atom stereocenters. The van der Waals surface area contributed by atoms with E-state index in [2.05, 4.69) is 15.5 Å². The molecule has 0 spiro atoms. The fourth-order valence-electron chi connectivity index (χ4n) is 1.42. The highest BCUT2D eigenvalue weighted by Crippen LogP contribution is 2.21. The molecule has 102 valence electrons. The lowest BCUT2D eigenvalue weighted by Crippen LogP contribution is -2.17. The molecular formula is C14H11Cl2N3O. The van der Waals surface area contributed by atoms with Crippen LogP contribution in [0.1, 0.15) is 21.6 Å². The topological polar surface area (TPSA) is 54.4 Å². The van der Waals surface area contributed by atoms with Gasteiger partial charge in [0, 0.05) is 11.9 Å². The second kappa shape index (κ2) is 6.50. The third kappa shape index (κ3) is 3.79. The highest BCUT2D eigenvalue weighted by molar-refractivity contribution is 6.42. The first kappa shape index (κ1) is 14.5. The molecule has 0 atom stereocenters. The molecule has 0 aliphatic heterocycles. The van der Waals surface area contributed by atoms with Gasteiger partial charge in [0.2, 0.25) is 0 Å². The Kier molecular flexibility index (Phi) is 4.71. The summed E-state index contributed by atoms with van der Waals surface area (Å²) >= 11 is 11.7. The van der Waals surface area contributed by atoms with Gasteiger partial charge in [0.1, 0.15) is 0 Å². The van der Waals surface area contributed by atoms with Gasteiger partial charge in [-0.05, 0) is 36.8 Å². The normalized spacial score (nSPS) is 10.8. The van der Waals surface area contributed by atoms with Gasteiger partial charge in [0.15, 0.2) is 0 Å². The van der Waals surface area contributed by atoms with E-state index in [1.165, 1.54) is 12.4 Å². The lowest BCUT2D eigenvalue weighted by Gasteiger charge is -2.00. The summed E-state index contributed by atoms with van der Waals surface area (Å²) in [7, 11) is 0. The minimum atomic E-state index is -0.325. The minimum Gasteiger partial charge on any atom is -0.267 e. The molecule has 0 bridgehead atoms. The molecule has 2 rings (SSSR count). The van der Waals surface area contributed by atoms with Crippen molar-refractivity contribution in [2.45, 2.75) is 6.92 Å². The monoisotopic (exact) mass is 307 g/mol. The van der Waals surface area contributed by atoms with Gasteiger partial charge in [-0.1, -0.05) is 29.3 Å². The molecule has 1 amide bonds. The molecule has 6 heteroatoms. The summed E-state index contributed by atoms with van der Waals surface area (Å²) in [6, 6.07) is 8.52. The molecule has 1 heterocycles. The largest absolute Gasteiger partial charge is 0.272 e. The highest BCUT2D eigenvalue weighted by Gasteiger charge is 2.03. The number of nitrogens with zero attached hydrogens (tertiary/aromatic N) is 2. The molecule has 1 aromatic heterocycles. The molecule has 0 aliphatic rings. The van der Waals surface area contributed by atoms with E-state index in [0.29, 0.717) is 15.6 Å². The molecule has 1 N–H and O–H groups in total. The summed E-state index contributed by atoms with van der Waals surface area (Å²) < 4.78 is 0. The second-order valence-electron chi connectivity index (χ2n) is 4.06. The van der Waals surface area contributed by atoms with Crippen LogP contribution in [0.2, 0.25) is 10.0 Å². The molecule has 0 aliphatic carbocycles. The van der Waals surface area contributed by atoms with E-state index >= 15 is 0 Å². The zero-order valence-electron chi connectivity index (χ0n) is 10.6. The summed E-state index contributed by atoms with van der Waals surface area (Å²) in [5, 5.41) is 4.76. The Morgan fingerprint density at radius 2 is 2.05 bits per heavy atom. The molecule has 1 aromatic carbocycles. The van der Waals surface area contributed by atoms with Crippen LogP contribution in [0.5, 0.6) is 0 Å². The number of nitrogens with one attached hydrogen (secondary N) is 1. The van der Waals surface area contributed by atoms with Gasteiger partial charge in [-0.2, -0.15) is 5.10 Å². The summed E-state index contributed by atoms with van der Waals surface area (Å²) in [6.45, 7) is 1.85. The molecular weight excluding hydrogens is 297 g/mol. The van der Waals surface area contributed by atoms with Crippen LogP contribution in [0, 0.1) is 6.92 Å². The molecule has 2 aromatic rings. The Bertz CT molecular complexity index is 654. The molecule has 4 nitrogen and oxygen atoms in total. The summed E-state index contributed by atoms with van der Waals surface area (Å²) in [6.07, 6.45) is 2.99. The fraction of sp³-hybridized carbons (Fsp3) is 0.0714. The molecule has 0 saturated heterocycles. The summed E-state index contributed by atoms with van der Waals surface area (Å²) in [5.41, 5.74) is 4.45. The zero-order chi connectivity index (χ0) is 14.5. The van der Waals surface area contributed by atoms with Crippen LogP contribution in [-0.2, 0) is 0 Å². The van der Waals surface area contributed by atoms with E-state index in [0.717, 1.165) is 11.3 Å². The summed E-state index contributed by atoms with van der Waals surface area (Å²) in [5.74, 6) is -0.325. The van der Waals surface area contributed by atoms with Gasteiger partial charge in [-0.3, -0.25) is 9.78 Å². The number of pyridine rings is 1. The van der Waals surface area contributed by atoms with Crippen LogP contribution in [0.15, 0.2) is 41.6 Å². The first-order valence-corrected chi connectivity index (χ1v) is 6.53. The molecule has 0 radical (unpaired) electrons. The van der Waals surface area contributed by atoms with E-state index in [4.69, 9.17) is 23.2 Å². The van der Waals surface area contributed by atoms with Crippen LogP contribution < -0.4 is 5.43 Å². The SMILES string of the molecule is Cc1ccc(C(=O)N/N=C\c2ccc(Cl)c(Cl)c2)cn1. The van der Waals surface area contributed by atoms with Crippen LogP contribution >= 0.6 is 23.2 Å². The first-order valence-electron chi connectivity index (χ1n) is 5.77. The van der Waals surface area contributed by atoms with Crippen LogP contribution in [0.25, 0.3) is 0 Å². The van der Waals surface area contributed by atoms with Gasteiger partial charge >= 0.3 is 0 Å². The number of carbonyl (C=O) groups is 1. The fourth-order valence-corrected chi connectivity index (χ4v) is 1.73. The number of hydrogen-bond acceptors (Lipinski definition) is 3. The molecule has 0 saturated carbocycles. The van der Waals surface area contributed by atoms with Crippen LogP contribution in [-0.4, -0.2) is 17.1 Å². The van der Waals surface area contributed by atoms with Crippen molar-refractivity contribution >= 4 is 35.3 Å². The van der Waals surface area contributed by atoms with Gasteiger partial charge < -0.3 is 0 Å². The zero-order valence-corrected chi connectivity index (χ0v) is 12.1. The van der Waals surface area contributed by atoms with E-state index in [1.54, 1.807) is 30.3 Å². The van der Waals surface area contributed by atoms with Gasteiger partial charge in [0.05, 0.1) is 21.8 Å². The third-order valence-electron chi connectivity index (χ3n) is 2.50. The number of amides is 1. The van der Waals surface area contributed by atoms with Crippen molar-refractivity contribution in [1.82, 2.24) is 10.4 Å². The van der Waals surface area contributed by atoms with Gasteiger partial charge in [0.25, 0.3) is 5.91 Å². The average Bonchev–Trinajstić information content (AvgIpc) is 2.43. The Labute approximate surface area is 126 Å². The van der Waals surface area contributed by atoms with Gasteiger partial charge in [-0.15, -0.1) is 0 Å². The van der Waals surface area contributed by atoms with Crippen molar-refractivity contribution in [2.75, 3.05) is 0 Å². The van der Waals surface area contributed by atoms with Crippen LogP contribution in [0.3, 0.4) is 0 Å². The minimum absolute atomic E-state index is 0.325. The van der Waals surface area contributed by atoms with Crippen molar-refractivity contribution in [3.63, 3.8) is 0 Å². The van der Waals surface area contributed by atoms with E-state index in [-0.39, 0.29) is 5.91 Å². The standard InChI is InChI=1S/C14H11Cl2N3O/c1-9-2-4-11(8-17-9)14(20)19-18-7-10-3-5-12(15)13(16)6-10/h2-8H,1H3,(H,19,20)/b18-7-. The van der Waals surface area contributed by atoms with Crippen molar-refractivity contribution in [2.24, 2.45) is 5.10 Å². The lowest BCUT2D eigenvalue weighted by molar-refractivity contribution is 0.0955. The Balaban J connectivity index is 2.00. The van der Waals surface area contributed by atoms with E-state index in [9.17, 15) is 4.79 Å². The van der Waals surface area contributed by atoms with Crippen molar-refractivity contribution < 1.29 is 4.79 Å². The van der Waals surface area contributed by atoms with Crippen molar-refractivity contribution in [3.05, 3.63) is 63.4 Å².